The zero-order valence-corrected chi connectivity index (χ0v) is 8.97. The lowest BCUT2D eigenvalue weighted by Crippen LogP contribution is -2.24. The van der Waals surface area contributed by atoms with Crippen LogP contribution in [0.4, 0.5) is 5.69 Å². The van der Waals surface area contributed by atoms with E-state index in [2.05, 4.69) is 9.73 Å². The lowest BCUT2D eigenvalue weighted by molar-refractivity contribution is -0.147. The van der Waals surface area contributed by atoms with E-state index in [4.69, 9.17) is 4.74 Å². The van der Waals surface area contributed by atoms with E-state index < -0.39 is 12.1 Å². The number of hydrogen-bond acceptors (Lipinski definition) is 5. The Morgan fingerprint density at radius 2 is 2.00 bits per heavy atom. The average Bonchev–Trinajstić information content (AvgIpc) is 2.31. The van der Waals surface area contributed by atoms with Crippen LogP contribution in [0.2, 0.25) is 0 Å². The molecule has 1 aromatic rings. The van der Waals surface area contributed by atoms with Crippen molar-refractivity contribution in [3.05, 3.63) is 24.3 Å². The van der Waals surface area contributed by atoms with Crippen LogP contribution in [-0.4, -0.2) is 25.3 Å². The molecule has 84 valence electrons. The molecule has 0 saturated carbocycles. The molecule has 0 fully saturated rings. The van der Waals surface area contributed by atoms with Crippen molar-refractivity contribution in [1.29, 1.82) is 0 Å². The van der Waals surface area contributed by atoms with Crippen LogP contribution in [0, 0.1) is 0 Å². The Bertz CT molecular complexity index is 406. The zero-order valence-electron chi connectivity index (χ0n) is 8.97. The lowest BCUT2D eigenvalue weighted by atomic mass is 10.3. The van der Waals surface area contributed by atoms with Crippen LogP contribution in [0.5, 0.6) is 5.75 Å². The Balaban J connectivity index is 2.68. The highest BCUT2D eigenvalue weighted by molar-refractivity contribution is 5.74. The zero-order chi connectivity index (χ0) is 12.0. The van der Waals surface area contributed by atoms with Crippen LogP contribution in [0.1, 0.15) is 6.92 Å². The molecular weight excluding hydrogens is 210 g/mol. The van der Waals surface area contributed by atoms with Gasteiger partial charge in [0, 0.05) is 0 Å². The molecule has 5 heteroatoms. The molecule has 16 heavy (non-hydrogen) atoms. The van der Waals surface area contributed by atoms with Gasteiger partial charge in [-0.3, -0.25) is 0 Å². The van der Waals surface area contributed by atoms with Gasteiger partial charge in [0.15, 0.2) is 6.10 Å². The summed E-state index contributed by atoms with van der Waals surface area (Å²) in [6.07, 6.45) is 0.756. The van der Waals surface area contributed by atoms with Gasteiger partial charge in [0.1, 0.15) is 5.75 Å². The fraction of sp³-hybridized carbons (Fsp3) is 0.273. The highest BCUT2D eigenvalue weighted by Gasteiger charge is 2.14. The number of carbonyl (C=O) groups excluding carboxylic acids is 2. The smallest absolute Gasteiger partial charge is 0.346 e. The Kier molecular flexibility index (Phi) is 4.24. The molecule has 5 nitrogen and oxygen atoms in total. The predicted molar refractivity (Wildman–Crippen MR) is 56.3 cm³/mol. The minimum Gasteiger partial charge on any atom is -0.479 e. The van der Waals surface area contributed by atoms with Gasteiger partial charge >= 0.3 is 5.97 Å². The Labute approximate surface area is 92.7 Å². The third-order valence-corrected chi connectivity index (χ3v) is 1.86. The summed E-state index contributed by atoms with van der Waals surface area (Å²) in [5.74, 6) is 0.0535. The molecule has 0 aliphatic carbocycles. The highest BCUT2D eigenvalue weighted by Crippen LogP contribution is 2.18. The van der Waals surface area contributed by atoms with Crippen molar-refractivity contribution in [2.45, 2.75) is 13.0 Å². The van der Waals surface area contributed by atoms with Crippen molar-refractivity contribution >= 4 is 17.7 Å². The summed E-state index contributed by atoms with van der Waals surface area (Å²) in [6, 6.07) is 6.39. The predicted octanol–water partition coefficient (Wildman–Crippen LogP) is 1.59. The van der Waals surface area contributed by atoms with Gasteiger partial charge in [-0.05, 0) is 31.2 Å². The first kappa shape index (κ1) is 11.9. The number of hydrogen-bond donors (Lipinski definition) is 0. The summed E-state index contributed by atoms with van der Waals surface area (Å²) in [7, 11) is 1.30. The van der Waals surface area contributed by atoms with E-state index in [0.29, 0.717) is 11.4 Å². The Morgan fingerprint density at radius 1 is 1.38 bits per heavy atom. The second-order valence-corrected chi connectivity index (χ2v) is 2.98. The number of esters is 1. The quantitative estimate of drug-likeness (QED) is 0.440. The third kappa shape index (κ3) is 3.22. The van der Waals surface area contributed by atoms with Gasteiger partial charge in [0.05, 0.1) is 12.8 Å². The highest BCUT2D eigenvalue weighted by atomic mass is 16.6. The summed E-state index contributed by atoms with van der Waals surface area (Å²) >= 11 is 0. The molecule has 1 atom stereocenters. The standard InChI is InChI=1S/C11H11NO4/c1-8(11(14)15-2)16-10-5-3-9(4-6-10)12-7-13/h3-6,8H,1-2H3. The van der Waals surface area contributed by atoms with E-state index in [1.807, 2.05) is 0 Å². The largest absolute Gasteiger partial charge is 0.479 e. The third-order valence-electron chi connectivity index (χ3n) is 1.86. The van der Waals surface area contributed by atoms with Crippen molar-refractivity contribution in [1.82, 2.24) is 0 Å². The average molecular weight is 221 g/mol. The lowest BCUT2D eigenvalue weighted by Gasteiger charge is -2.11. The molecule has 0 N–H and O–H groups in total. The topological polar surface area (TPSA) is 65.0 Å². The van der Waals surface area contributed by atoms with E-state index in [9.17, 15) is 9.59 Å². The van der Waals surface area contributed by atoms with Crippen molar-refractivity contribution in [2.24, 2.45) is 4.99 Å². The van der Waals surface area contributed by atoms with Crippen LogP contribution < -0.4 is 4.74 Å². The molecule has 0 amide bonds. The van der Waals surface area contributed by atoms with Gasteiger partial charge in [-0.25, -0.2) is 9.59 Å². The molecule has 1 rings (SSSR count). The van der Waals surface area contributed by atoms with E-state index in [1.165, 1.54) is 13.2 Å². The summed E-state index contributed by atoms with van der Waals surface area (Å²) in [5.41, 5.74) is 0.480. The fourth-order valence-corrected chi connectivity index (χ4v) is 1.07. The SMILES string of the molecule is COC(=O)C(C)Oc1ccc(N=C=O)cc1. The van der Waals surface area contributed by atoms with Crippen LogP contribution in [0.15, 0.2) is 29.3 Å². The first-order valence-corrected chi connectivity index (χ1v) is 4.60. The molecule has 0 spiro atoms. The van der Waals surface area contributed by atoms with Gasteiger partial charge in [0.25, 0.3) is 0 Å². The molecule has 0 aromatic heterocycles. The number of carbonyl (C=O) groups is 1. The number of benzene rings is 1. The van der Waals surface area contributed by atoms with Crippen molar-refractivity contribution in [2.75, 3.05) is 7.11 Å². The maximum Gasteiger partial charge on any atom is 0.346 e. The number of rotatable bonds is 4. The maximum absolute atomic E-state index is 11.1. The molecule has 0 radical (unpaired) electrons. The maximum atomic E-state index is 11.1. The first-order valence-electron chi connectivity index (χ1n) is 4.60. The summed E-state index contributed by atoms with van der Waals surface area (Å²) in [5, 5.41) is 0. The minimum absolute atomic E-state index is 0.449. The van der Waals surface area contributed by atoms with E-state index >= 15 is 0 Å². The molecule has 1 unspecified atom stereocenters. The molecule has 0 aliphatic heterocycles. The summed E-state index contributed by atoms with van der Waals surface area (Å²) in [4.78, 5) is 24.5. The number of nitrogens with zero attached hydrogens (tertiary/aromatic N) is 1. The van der Waals surface area contributed by atoms with E-state index in [-0.39, 0.29) is 0 Å². The first-order chi connectivity index (χ1) is 7.67. The van der Waals surface area contributed by atoms with Crippen molar-refractivity contribution in [3.8, 4) is 5.75 Å². The summed E-state index contributed by atoms with van der Waals surface area (Å²) in [6.45, 7) is 1.59. The van der Waals surface area contributed by atoms with Gasteiger partial charge < -0.3 is 9.47 Å². The Hall–Kier alpha value is -2.13. The molecule has 0 aliphatic rings. The number of aliphatic imine (C=N–C) groups is 1. The minimum atomic E-state index is -0.676. The van der Waals surface area contributed by atoms with Crippen molar-refractivity contribution in [3.63, 3.8) is 0 Å². The number of isocyanates is 1. The van der Waals surface area contributed by atoms with Gasteiger partial charge in [-0.15, -0.1) is 0 Å². The van der Waals surface area contributed by atoms with Crippen molar-refractivity contribution < 1.29 is 19.1 Å². The van der Waals surface area contributed by atoms with E-state index in [1.54, 1.807) is 31.2 Å². The number of methoxy groups -OCH3 is 1. The van der Waals surface area contributed by atoms with Gasteiger partial charge in [-0.2, -0.15) is 4.99 Å². The van der Waals surface area contributed by atoms with E-state index in [0.717, 1.165) is 0 Å². The fourth-order valence-electron chi connectivity index (χ4n) is 1.07. The van der Waals surface area contributed by atoms with Gasteiger partial charge in [-0.1, -0.05) is 0 Å². The van der Waals surface area contributed by atoms with Crippen LogP contribution in [-0.2, 0) is 14.3 Å². The second kappa shape index (κ2) is 5.68. The van der Waals surface area contributed by atoms with Gasteiger partial charge in [0.2, 0.25) is 6.08 Å². The monoisotopic (exact) mass is 221 g/mol. The van der Waals surface area contributed by atoms with Crippen LogP contribution >= 0.6 is 0 Å². The second-order valence-electron chi connectivity index (χ2n) is 2.98. The Morgan fingerprint density at radius 3 is 2.50 bits per heavy atom. The number of ether oxygens (including phenoxy) is 2. The summed E-state index contributed by atoms with van der Waals surface area (Å²) < 4.78 is 9.80. The van der Waals surface area contributed by atoms with Crippen LogP contribution in [0.25, 0.3) is 0 Å². The van der Waals surface area contributed by atoms with Crippen LogP contribution in [0.3, 0.4) is 0 Å². The molecule has 0 saturated heterocycles. The molecular formula is C11H11NO4. The molecule has 0 bridgehead atoms. The molecule has 0 heterocycles. The normalized spacial score (nSPS) is 11.1. The molecule has 1 aromatic carbocycles.